The van der Waals surface area contributed by atoms with E-state index in [2.05, 4.69) is 44.9 Å². The van der Waals surface area contributed by atoms with Gasteiger partial charge >= 0.3 is 0 Å². The zero-order valence-corrected chi connectivity index (χ0v) is 22.0. The highest BCUT2D eigenvalue weighted by Gasteiger charge is 2.12. The maximum absolute atomic E-state index is 11.9. The van der Waals surface area contributed by atoms with Gasteiger partial charge in [-0.1, -0.05) is 30.3 Å². The Morgan fingerprint density at radius 3 is 2.62 bits per heavy atom. The summed E-state index contributed by atoms with van der Waals surface area (Å²) in [5, 5.41) is 6.44. The van der Waals surface area contributed by atoms with E-state index >= 15 is 0 Å². The van der Waals surface area contributed by atoms with Gasteiger partial charge in [0.15, 0.2) is 5.96 Å². The van der Waals surface area contributed by atoms with E-state index in [-0.39, 0.29) is 35.6 Å². The van der Waals surface area contributed by atoms with Crippen molar-refractivity contribution in [3.63, 3.8) is 0 Å². The Labute approximate surface area is 210 Å². The third-order valence-electron chi connectivity index (χ3n) is 4.97. The monoisotopic (exact) mass is 567 g/mol. The molecule has 0 radical (unpaired) electrons. The summed E-state index contributed by atoms with van der Waals surface area (Å²) in [6.07, 6.45) is 1.81. The molecule has 0 aliphatic carbocycles. The molecule has 0 spiro atoms. The number of guanidine groups is 1. The lowest BCUT2D eigenvalue weighted by Crippen LogP contribution is -2.38. The van der Waals surface area contributed by atoms with Crippen molar-refractivity contribution in [1.29, 1.82) is 0 Å². The summed E-state index contributed by atoms with van der Waals surface area (Å²) in [6.45, 7) is 3.88. The standard InChI is InChI=1S/C23H29N5O2S.HI/c1-17(30-4)22-26-20(16-31-22)15-27(3)23(24-2)25-13-18-8-10-19(11-9-18)14-28-12-6-5-7-21(28)29;/h5-12,16-17H,13-15H2,1-4H3,(H,24,25);1H. The van der Waals surface area contributed by atoms with Gasteiger partial charge in [0.2, 0.25) is 0 Å². The highest BCUT2D eigenvalue weighted by atomic mass is 127. The van der Waals surface area contributed by atoms with E-state index < -0.39 is 0 Å². The zero-order valence-electron chi connectivity index (χ0n) is 18.8. The van der Waals surface area contributed by atoms with Crippen LogP contribution in [0.3, 0.4) is 0 Å². The Morgan fingerprint density at radius 1 is 1.25 bits per heavy atom. The minimum atomic E-state index is 0. The van der Waals surface area contributed by atoms with Crippen molar-refractivity contribution in [3.8, 4) is 0 Å². The Bertz CT molecular complexity index is 1060. The van der Waals surface area contributed by atoms with Crippen molar-refractivity contribution < 1.29 is 4.74 Å². The molecule has 0 aliphatic rings. The fourth-order valence-electron chi connectivity index (χ4n) is 3.12. The molecule has 32 heavy (non-hydrogen) atoms. The van der Waals surface area contributed by atoms with Crippen LogP contribution in [0.1, 0.15) is 34.9 Å². The lowest BCUT2D eigenvalue weighted by Gasteiger charge is -2.21. The molecule has 3 rings (SSSR count). The van der Waals surface area contributed by atoms with E-state index in [9.17, 15) is 4.79 Å². The number of pyridine rings is 1. The molecule has 0 saturated heterocycles. The average molecular weight is 567 g/mol. The third kappa shape index (κ3) is 7.14. The van der Waals surface area contributed by atoms with Gasteiger partial charge in [0.05, 0.1) is 18.8 Å². The SMILES string of the molecule is CN=C(NCc1ccc(Cn2ccccc2=O)cc1)N(C)Cc1csc(C(C)OC)n1.I. The van der Waals surface area contributed by atoms with Crippen LogP contribution < -0.4 is 10.9 Å². The molecular weight excluding hydrogens is 537 g/mol. The lowest BCUT2D eigenvalue weighted by atomic mass is 10.1. The van der Waals surface area contributed by atoms with Gasteiger partial charge in [0.25, 0.3) is 5.56 Å². The number of ether oxygens (including phenoxy) is 1. The molecule has 0 saturated carbocycles. The van der Waals surface area contributed by atoms with Gasteiger partial charge in [-0.25, -0.2) is 4.98 Å². The average Bonchev–Trinajstić information content (AvgIpc) is 3.24. The Morgan fingerprint density at radius 2 is 1.97 bits per heavy atom. The topological polar surface area (TPSA) is 71.8 Å². The van der Waals surface area contributed by atoms with Gasteiger partial charge in [-0.15, -0.1) is 35.3 Å². The molecule has 0 fully saturated rings. The summed E-state index contributed by atoms with van der Waals surface area (Å²) in [5.41, 5.74) is 3.23. The molecule has 0 bridgehead atoms. The molecule has 1 aromatic carbocycles. The first-order valence-electron chi connectivity index (χ1n) is 10.1. The van der Waals surface area contributed by atoms with Crippen LogP contribution in [0.4, 0.5) is 0 Å². The number of rotatable bonds is 8. The first-order valence-corrected chi connectivity index (χ1v) is 11.0. The summed E-state index contributed by atoms with van der Waals surface area (Å²) in [7, 11) is 5.46. The maximum Gasteiger partial charge on any atom is 0.250 e. The van der Waals surface area contributed by atoms with E-state index in [1.807, 2.05) is 24.9 Å². The number of hydrogen-bond donors (Lipinski definition) is 1. The summed E-state index contributed by atoms with van der Waals surface area (Å²) in [4.78, 5) is 23.0. The second-order valence-corrected chi connectivity index (χ2v) is 8.18. The Kier molecular flexibility index (Phi) is 10.3. The minimum Gasteiger partial charge on any atom is -0.375 e. The van der Waals surface area contributed by atoms with Crippen LogP contribution in [-0.2, 0) is 24.4 Å². The second-order valence-electron chi connectivity index (χ2n) is 7.30. The molecule has 1 N–H and O–H groups in total. The fourth-order valence-corrected chi connectivity index (χ4v) is 3.96. The molecule has 1 atom stereocenters. The molecular formula is C23H30IN5O2S. The fraction of sp³-hybridized carbons (Fsp3) is 0.348. The van der Waals surface area contributed by atoms with E-state index in [0.29, 0.717) is 19.6 Å². The number of methoxy groups -OCH3 is 1. The summed E-state index contributed by atoms with van der Waals surface area (Å²) in [6, 6.07) is 13.4. The van der Waals surface area contributed by atoms with Crippen LogP contribution >= 0.6 is 35.3 Å². The lowest BCUT2D eigenvalue weighted by molar-refractivity contribution is 0.119. The van der Waals surface area contributed by atoms with Crippen molar-refractivity contribution in [1.82, 2.24) is 19.8 Å². The molecule has 9 heteroatoms. The third-order valence-corrected chi connectivity index (χ3v) is 6.02. The predicted octanol–water partition coefficient (Wildman–Crippen LogP) is 3.89. The van der Waals surface area contributed by atoms with Crippen LogP contribution in [0.2, 0.25) is 0 Å². The number of aromatic nitrogens is 2. The van der Waals surface area contributed by atoms with Gasteiger partial charge in [-0.3, -0.25) is 9.79 Å². The highest BCUT2D eigenvalue weighted by Crippen LogP contribution is 2.20. The van der Waals surface area contributed by atoms with E-state index in [0.717, 1.165) is 27.8 Å². The largest absolute Gasteiger partial charge is 0.375 e. The molecule has 0 amide bonds. The summed E-state index contributed by atoms with van der Waals surface area (Å²) in [5.74, 6) is 0.800. The normalized spacial score (nSPS) is 12.2. The molecule has 0 aliphatic heterocycles. The van der Waals surface area contributed by atoms with Crippen LogP contribution in [0.5, 0.6) is 0 Å². The van der Waals surface area contributed by atoms with Crippen molar-refractivity contribution >= 4 is 41.3 Å². The Balaban J connectivity index is 0.00000363. The quantitative estimate of drug-likeness (QED) is 0.254. The van der Waals surface area contributed by atoms with Crippen LogP contribution in [0, 0.1) is 0 Å². The van der Waals surface area contributed by atoms with Crippen molar-refractivity contribution in [3.05, 3.63) is 86.2 Å². The maximum atomic E-state index is 11.9. The van der Waals surface area contributed by atoms with Crippen LogP contribution in [0.15, 0.2) is 63.8 Å². The smallest absolute Gasteiger partial charge is 0.250 e. The number of benzene rings is 1. The summed E-state index contributed by atoms with van der Waals surface area (Å²) < 4.78 is 7.04. The molecule has 2 heterocycles. The zero-order chi connectivity index (χ0) is 22.2. The van der Waals surface area contributed by atoms with Crippen molar-refractivity contribution in [2.75, 3.05) is 21.2 Å². The predicted molar refractivity (Wildman–Crippen MR) is 141 cm³/mol. The number of nitrogens with one attached hydrogen (secondary N) is 1. The van der Waals surface area contributed by atoms with Gasteiger partial charge in [0.1, 0.15) is 11.1 Å². The number of thiazole rings is 1. The number of nitrogens with zero attached hydrogens (tertiary/aromatic N) is 4. The van der Waals surface area contributed by atoms with Crippen LogP contribution in [-0.4, -0.2) is 41.6 Å². The van der Waals surface area contributed by atoms with Crippen LogP contribution in [0.25, 0.3) is 0 Å². The first-order chi connectivity index (χ1) is 15.0. The molecule has 172 valence electrons. The first kappa shape index (κ1) is 26.0. The van der Waals surface area contributed by atoms with Gasteiger partial charge in [-0.05, 0) is 24.1 Å². The van der Waals surface area contributed by atoms with Gasteiger partial charge in [0, 0.05) is 45.4 Å². The van der Waals surface area contributed by atoms with Crippen molar-refractivity contribution in [2.24, 2.45) is 4.99 Å². The van der Waals surface area contributed by atoms with Gasteiger partial charge < -0.3 is 19.5 Å². The summed E-state index contributed by atoms with van der Waals surface area (Å²) >= 11 is 1.61. The molecule has 1 unspecified atom stereocenters. The minimum absolute atomic E-state index is 0. The van der Waals surface area contributed by atoms with Crippen molar-refractivity contribution in [2.45, 2.75) is 32.7 Å². The number of halogens is 1. The number of hydrogen-bond acceptors (Lipinski definition) is 5. The Hall–Kier alpha value is -2.24. The van der Waals surface area contributed by atoms with E-state index in [4.69, 9.17) is 4.74 Å². The molecule has 2 aromatic heterocycles. The second kappa shape index (κ2) is 12.7. The molecule has 3 aromatic rings. The highest BCUT2D eigenvalue weighted by molar-refractivity contribution is 14.0. The molecule has 7 nitrogen and oxygen atoms in total. The van der Waals surface area contributed by atoms with Gasteiger partial charge in [-0.2, -0.15) is 0 Å². The van der Waals surface area contributed by atoms with E-state index in [1.165, 1.54) is 0 Å². The number of aliphatic imine (C=N–C) groups is 1. The van der Waals surface area contributed by atoms with E-state index in [1.54, 1.807) is 48.4 Å².